The summed E-state index contributed by atoms with van der Waals surface area (Å²) in [5, 5.41) is 2.45. The van der Waals surface area contributed by atoms with Gasteiger partial charge in [0, 0.05) is 25.4 Å². The predicted octanol–water partition coefficient (Wildman–Crippen LogP) is 3.67. The summed E-state index contributed by atoms with van der Waals surface area (Å²) in [5.74, 6) is 0.199. The van der Waals surface area contributed by atoms with Crippen LogP contribution in [0.2, 0.25) is 0 Å². The van der Waals surface area contributed by atoms with Gasteiger partial charge in [0.1, 0.15) is 0 Å². The molecule has 0 saturated carbocycles. The van der Waals surface area contributed by atoms with E-state index in [-0.39, 0.29) is 11.8 Å². The lowest BCUT2D eigenvalue weighted by Crippen LogP contribution is -2.31. The van der Waals surface area contributed by atoms with E-state index in [9.17, 15) is 9.59 Å². The van der Waals surface area contributed by atoms with E-state index in [1.807, 2.05) is 29.6 Å². The third-order valence-corrected chi connectivity index (χ3v) is 5.00. The Morgan fingerprint density at radius 2 is 1.75 bits per heavy atom. The van der Waals surface area contributed by atoms with Gasteiger partial charge in [-0.05, 0) is 24.5 Å². The summed E-state index contributed by atoms with van der Waals surface area (Å²) in [6, 6.07) is 7.57. The summed E-state index contributed by atoms with van der Waals surface area (Å²) in [7, 11) is 0. The number of fused-ring (bicyclic) bond motifs is 1. The molecule has 2 amide bonds. The van der Waals surface area contributed by atoms with Gasteiger partial charge in [0.2, 0.25) is 5.91 Å². The number of amides is 2. The Labute approximate surface area is 145 Å². The summed E-state index contributed by atoms with van der Waals surface area (Å²) in [4.78, 5) is 32.9. The van der Waals surface area contributed by atoms with Crippen molar-refractivity contribution in [2.24, 2.45) is 0 Å². The highest BCUT2D eigenvalue weighted by Crippen LogP contribution is 2.33. The fourth-order valence-corrected chi connectivity index (χ4v) is 3.78. The number of hydrogen-bond donors (Lipinski definition) is 0. The van der Waals surface area contributed by atoms with Crippen molar-refractivity contribution >= 4 is 34.5 Å². The summed E-state index contributed by atoms with van der Waals surface area (Å²) in [6.45, 7) is 6.88. The molecule has 0 radical (unpaired) electrons. The molecule has 0 fully saturated rings. The van der Waals surface area contributed by atoms with Crippen LogP contribution in [0.5, 0.6) is 0 Å². The predicted molar refractivity (Wildman–Crippen MR) is 97.0 cm³/mol. The Kier molecular flexibility index (Phi) is 4.66. The van der Waals surface area contributed by atoms with Gasteiger partial charge >= 0.3 is 0 Å². The normalized spacial score (nSPS) is 14.5. The van der Waals surface area contributed by atoms with Crippen molar-refractivity contribution in [3.8, 4) is 0 Å². The van der Waals surface area contributed by atoms with Crippen molar-refractivity contribution in [2.75, 3.05) is 22.9 Å². The summed E-state index contributed by atoms with van der Waals surface area (Å²) < 4.78 is 0. The number of nitrogens with zero attached hydrogens (tertiary/aromatic N) is 3. The first-order chi connectivity index (χ1) is 11.5. The van der Waals surface area contributed by atoms with E-state index in [0.29, 0.717) is 24.0 Å². The van der Waals surface area contributed by atoms with Crippen molar-refractivity contribution < 1.29 is 9.59 Å². The summed E-state index contributed by atoms with van der Waals surface area (Å²) >= 11 is 1.39. The second-order valence-corrected chi connectivity index (χ2v) is 7.06. The number of para-hydroxylation sites is 2. The van der Waals surface area contributed by atoms with E-state index in [2.05, 4.69) is 18.8 Å². The van der Waals surface area contributed by atoms with Crippen LogP contribution in [0.15, 0.2) is 29.6 Å². The first kappa shape index (κ1) is 16.6. The second kappa shape index (κ2) is 6.73. The van der Waals surface area contributed by atoms with E-state index < -0.39 is 0 Å². The Hall–Kier alpha value is -2.21. The van der Waals surface area contributed by atoms with Gasteiger partial charge in [-0.1, -0.05) is 26.0 Å². The Morgan fingerprint density at radius 3 is 2.33 bits per heavy atom. The maximum absolute atomic E-state index is 13.0. The minimum absolute atomic E-state index is 0.00640. The van der Waals surface area contributed by atoms with Gasteiger partial charge in [-0.3, -0.25) is 9.59 Å². The van der Waals surface area contributed by atoms with Crippen LogP contribution in [-0.4, -0.2) is 29.9 Å². The highest BCUT2D eigenvalue weighted by Gasteiger charge is 2.28. The Bertz CT molecular complexity index is 769. The lowest BCUT2D eigenvalue weighted by Gasteiger charge is -2.24. The molecular weight excluding hydrogens is 322 g/mol. The van der Waals surface area contributed by atoms with Crippen LogP contribution in [0.25, 0.3) is 0 Å². The first-order valence-electron chi connectivity index (χ1n) is 8.13. The molecule has 2 aromatic rings. The smallest absolute Gasteiger partial charge is 0.287 e. The molecule has 5 nitrogen and oxygen atoms in total. The van der Waals surface area contributed by atoms with Crippen LogP contribution in [-0.2, 0) is 4.79 Å². The average Bonchev–Trinajstić information content (AvgIpc) is 2.97. The van der Waals surface area contributed by atoms with Gasteiger partial charge in [-0.25, -0.2) is 4.98 Å². The van der Waals surface area contributed by atoms with Crippen molar-refractivity contribution in [1.82, 2.24) is 4.98 Å². The molecule has 0 spiro atoms. The van der Waals surface area contributed by atoms with Gasteiger partial charge in [0.25, 0.3) is 5.91 Å². The highest BCUT2D eigenvalue weighted by molar-refractivity contribution is 7.11. The number of aromatic nitrogens is 1. The third-order valence-electron chi connectivity index (χ3n) is 4.15. The van der Waals surface area contributed by atoms with Gasteiger partial charge in [-0.15, -0.1) is 11.3 Å². The maximum atomic E-state index is 13.0. The maximum Gasteiger partial charge on any atom is 0.287 e. The van der Waals surface area contributed by atoms with Crippen LogP contribution >= 0.6 is 11.3 Å². The lowest BCUT2D eigenvalue weighted by atomic mass is 10.2. The molecule has 3 rings (SSSR count). The third kappa shape index (κ3) is 3.06. The lowest BCUT2D eigenvalue weighted by molar-refractivity contribution is -0.116. The second-order valence-electron chi connectivity index (χ2n) is 6.20. The number of hydrogen-bond acceptors (Lipinski definition) is 4. The SMILES string of the molecule is CC(=O)N1CCCN(C(=O)c2nc(C(C)C)cs2)c2ccccc21. The Morgan fingerprint density at radius 1 is 1.12 bits per heavy atom. The zero-order valence-corrected chi connectivity index (χ0v) is 15.0. The molecule has 0 aliphatic carbocycles. The number of rotatable bonds is 2. The molecule has 0 saturated heterocycles. The van der Waals surface area contributed by atoms with Gasteiger partial charge in [0.05, 0.1) is 17.1 Å². The number of thiazole rings is 1. The fraction of sp³-hybridized carbons (Fsp3) is 0.389. The number of anilines is 2. The number of carbonyl (C=O) groups excluding carboxylic acids is 2. The average molecular weight is 343 g/mol. The van der Waals surface area contributed by atoms with Gasteiger partial charge < -0.3 is 9.80 Å². The monoisotopic (exact) mass is 343 g/mol. The van der Waals surface area contributed by atoms with E-state index in [0.717, 1.165) is 23.5 Å². The topological polar surface area (TPSA) is 53.5 Å². The van der Waals surface area contributed by atoms with Crippen LogP contribution < -0.4 is 9.80 Å². The number of carbonyl (C=O) groups is 2. The quantitative estimate of drug-likeness (QED) is 0.836. The fourth-order valence-electron chi connectivity index (χ4n) is 2.85. The largest absolute Gasteiger partial charge is 0.311 e. The molecule has 1 aromatic carbocycles. The van der Waals surface area contributed by atoms with E-state index in [4.69, 9.17) is 0 Å². The summed E-state index contributed by atoms with van der Waals surface area (Å²) in [6.07, 6.45) is 0.739. The zero-order chi connectivity index (χ0) is 17.3. The molecule has 126 valence electrons. The van der Waals surface area contributed by atoms with Crippen molar-refractivity contribution in [3.63, 3.8) is 0 Å². The molecule has 0 N–H and O–H groups in total. The van der Waals surface area contributed by atoms with Crippen LogP contribution in [0.1, 0.15) is 48.6 Å². The molecule has 0 bridgehead atoms. The molecule has 24 heavy (non-hydrogen) atoms. The zero-order valence-electron chi connectivity index (χ0n) is 14.2. The minimum Gasteiger partial charge on any atom is -0.311 e. The molecule has 1 aromatic heterocycles. The molecular formula is C18H21N3O2S. The Balaban J connectivity index is 1.98. The van der Waals surface area contributed by atoms with E-state index in [1.54, 1.807) is 16.7 Å². The highest BCUT2D eigenvalue weighted by atomic mass is 32.1. The van der Waals surface area contributed by atoms with E-state index in [1.165, 1.54) is 11.3 Å². The molecule has 6 heteroatoms. The summed E-state index contributed by atoms with van der Waals surface area (Å²) in [5.41, 5.74) is 2.50. The van der Waals surface area contributed by atoms with Crippen LogP contribution in [0.4, 0.5) is 11.4 Å². The van der Waals surface area contributed by atoms with Crippen LogP contribution in [0, 0.1) is 0 Å². The van der Waals surface area contributed by atoms with Crippen molar-refractivity contribution in [3.05, 3.63) is 40.3 Å². The molecule has 0 atom stereocenters. The van der Waals surface area contributed by atoms with Gasteiger partial charge in [-0.2, -0.15) is 0 Å². The molecule has 1 aliphatic heterocycles. The van der Waals surface area contributed by atoms with Crippen molar-refractivity contribution in [2.45, 2.75) is 33.1 Å². The van der Waals surface area contributed by atoms with Gasteiger partial charge in [0.15, 0.2) is 5.01 Å². The van der Waals surface area contributed by atoms with Crippen LogP contribution in [0.3, 0.4) is 0 Å². The first-order valence-corrected chi connectivity index (χ1v) is 9.01. The van der Waals surface area contributed by atoms with E-state index >= 15 is 0 Å². The molecule has 2 heterocycles. The van der Waals surface area contributed by atoms with Crippen molar-refractivity contribution in [1.29, 1.82) is 0 Å². The molecule has 1 aliphatic rings. The molecule has 0 unspecified atom stereocenters. The number of benzene rings is 1. The standard InChI is InChI=1S/C18H21N3O2S/c1-12(2)14-11-24-17(19-14)18(23)21-10-6-9-20(13(3)22)15-7-4-5-8-16(15)21/h4-5,7-8,11-12H,6,9-10H2,1-3H3. The minimum atomic E-state index is -0.0928.